The number of fused-ring (bicyclic) bond motifs is 1. The van der Waals surface area contributed by atoms with Crippen LogP contribution < -0.4 is 10.9 Å². The zero-order chi connectivity index (χ0) is 24.2. The van der Waals surface area contributed by atoms with Gasteiger partial charge in [-0.15, -0.1) is 0 Å². The Morgan fingerprint density at radius 2 is 1.59 bits per heavy atom. The number of pyridine rings is 1. The van der Waals surface area contributed by atoms with Gasteiger partial charge in [-0.1, -0.05) is 54.6 Å². The zero-order valence-electron chi connectivity index (χ0n) is 18.1. The molecule has 4 rings (SSSR count). The van der Waals surface area contributed by atoms with Gasteiger partial charge in [-0.05, 0) is 35.2 Å². The van der Waals surface area contributed by atoms with Crippen LogP contribution >= 0.6 is 0 Å². The van der Waals surface area contributed by atoms with Crippen molar-refractivity contribution >= 4 is 34.3 Å². The standard InChI is InChI=1S/C26H20N2O6/c1-28-23(26(33)34-15-21(29)27-18-11-7-10-17(14-18)25(31)32)22(16-8-3-2-4-9-16)19-12-5-6-13-20(19)24(28)30/h2-14H,15H2,1H3,(H,27,29)(H,31,32). The predicted molar refractivity (Wildman–Crippen MR) is 127 cm³/mol. The monoisotopic (exact) mass is 456 g/mol. The van der Waals surface area contributed by atoms with Crippen molar-refractivity contribution in [1.82, 2.24) is 4.57 Å². The number of hydrogen-bond donors (Lipinski definition) is 2. The largest absolute Gasteiger partial charge is 0.478 e. The first kappa shape index (κ1) is 22.5. The van der Waals surface area contributed by atoms with Gasteiger partial charge in [-0.25, -0.2) is 9.59 Å². The topological polar surface area (TPSA) is 115 Å². The lowest BCUT2D eigenvalue weighted by Gasteiger charge is -2.16. The van der Waals surface area contributed by atoms with Crippen molar-refractivity contribution in [2.75, 3.05) is 11.9 Å². The molecule has 8 nitrogen and oxygen atoms in total. The summed E-state index contributed by atoms with van der Waals surface area (Å²) in [5.74, 6) is -2.62. The highest BCUT2D eigenvalue weighted by Gasteiger charge is 2.23. The lowest BCUT2D eigenvalue weighted by atomic mass is 9.97. The number of carboxylic acids is 1. The molecule has 0 atom stereocenters. The fourth-order valence-corrected chi connectivity index (χ4v) is 3.73. The molecule has 0 radical (unpaired) electrons. The average Bonchev–Trinajstić information content (AvgIpc) is 2.85. The number of carboxylic acid groups (broad SMARTS) is 1. The number of rotatable bonds is 6. The molecule has 4 aromatic rings. The summed E-state index contributed by atoms with van der Waals surface area (Å²) in [7, 11) is 1.48. The van der Waals surface area contributed by atoms with Crippen LogP contribution in [0.5, 0.6) is 0 Å². The average molecular weight is 456 g/mol. The van der Waals surface area contributed by atoms with Gasteiger partial charge < -0.3 is 19.7 Å². The van der Waals surface area contributed by atoms with E-state index < -0.39 is 24.5 Å². The Labute approximate surface area is 194 Å². The smallest absolute Gasteiger partial charge is 0.356 e. The second kappa shape index (κ2) is 9.41. The van der Waals surface area contributed by atoms with Crippen LogP contribution in [0.1, 0.15) is 20.8 Å². The van der Waals surface area contributed by atoms with Crippen LogP contribution in [-0.2, 0) is 16.6 Å². The van der Waals surface area contributed by atoms with Crippen molar-refractivity contribution in [1.29, 1.82) is 0 Å². The Morgan fingerprint density at radius 3 is 2.29 bits per heavy atom. The van der Waals surface area contributed by atoms with Gasteiger partial charge >= 0.3 is 11.9 Å². The normalized spacial score (nSPS) is 10.6. The molecule has 2 N–H and O–H groups in total. The number of aromatic nitrogens is 1. The number of hydrogen-bond acceptors (Lipinski definition) is 5. The summed E-state index contributed by atoms with van der Waals surface area (Å²) in [6.45, 7) is -0.620. The third-order valence-corrected chi connectivity index (χ3v) is 5.29. The molecule has 0 spiro atoms. The summed E-state index contributed by atoms with van der Waals surface area (Å²) >= 11 is 0. The number of carbonyl (C=O) groups excluding carboxylic acids is 2. The third kappa shape index (κ3) is 4.42. The van der Waals surface area contributed by atoms with Crippen LogP contribution in [-0.4, -0.2) is 34.1 Å². The Bertz CT molecular complexity index is 1470. The second-order valence-electron chi connectivity index (χ2n) is 7.51. The summed E-state index contributed by atoms with van der Waals surface area (Å²) < 4.78 is 6.48. The minimum absolute atomic E-state index is 0.00783. The van der Waals surface area contributed by atoms with E-state index in [-0.39, 0.29) is 22.5 Å². The SMILES string of the molecule is Cn1c(C(=O)OCC(=O)Nc2cccc(C(=O)O)c2)c(-c2ccccc2)c2ccccc2c1=O. The first-order chi connectivity index (χ1) is 16.4. The Balaban J connectivity index is 1.65. The van der Waals surface area contributed by atoms with E-state index >= 15 is 0 Å². The molecule has 0 saturated carbocycles. The highest BCUT2D eigenvalue weighted by molar-refractivity contribution is 6.07. The lowest BCUT2D eigenvalue weighted by molar-refractivity contribution is -0.119. The van der Waals surface area contributed by atoms with Gasteiger partial charge in [0.05, 0.1) is 5.56 Å². The summed E-state index contributed by atoms with van der Waals surface area (Å²) in [4.78, 5) is 49.5. The molecule has 1 amide bonds. The number of amides is 1. The molecule has 0 saturated heterocycles. The quantitative estimate of drug-likeness (QED) is 0.428. The van der Waals surface area contributed by atoms with Crippen LogP contribution in [0.2, 0.25) is 0 Å². The fraction of sp³-hybridized carbons (Fsp3) is 0.0769. The van der Waals surface area contributed by atoms with Crippen LogP contribution in [0.15, 0.2) is 83.7 Å². The number of nitrogens with zero attached hydrogens (tertiary/aromatic N) is 1. The molecule has 8 heteroatoms. The molecular formula is C26H20N2O6. The molecule has 0 unspecified atom stereocenters. The van der Waals surface area contributed by atoms with Crippen LogP contribution in [0, 0.1) is 0 Å². The van der Waals surface area contributed by atoms with Crippen LogP contribution in [0.4, 0.5) is 5.69 Å². The molecule has 3 aromatic carbocycles. The van der Waals surface area contributed by atoms with Crippen LogP contribution in [0.3, 0.4) is 0 Å². The van der Waals surface area contributed by atoms with E-state index in [4.69, 9.17) is 9.84 Å². The van der Waals surface area contributed by atoms with E-state index in [1.165, 1.54) is 35.9 Å². The molecule has 0 bridgehead atoms. The van der Waals surface area contributed by atoms with Crippen molar-refractivity contribution < 1.29 is 24.2 Å². The van der Waals surface area contributed by atoms with E-state index in [0.29, 0.717) is 16.3 Å². The van der Waals surface area contributed by atoms with Crippen molar-refractivity contribution in [3.8, 4) is 11.1 Å². The molecular weight excluding hydrogens is 436 g/mol. The highest BCUT2D eigenvalue weighted by Crippen LogP contribution is 2.30. The van der Waals surface area contributed by atoms with Crippen molar-refractivity contribution in [2.45, 2.75) is 0 Å². The van der Waals surface area contributed by atoms with E-state index in [0.717, 1.165) is 5.56 Å². The number of nitrogens with one attached hydrogen (secondary N) is 1. The third-order valence-electron chi connectivity index (χ3n) is 5.29. The molecule has 0 aliphatic rings. The van der Waals surface area contributed by atoms with Gasteiger partial charge in [-0.3, -0.25) is 9.59 Å². The number of aromatic carboxylic acids is 1. The molecule has 0 aliphatic heterocycles. The highest BCUT2D eigenvalue weighted by atomic mass is 16.5. The maximum Gasteiger partial charge on any atom is 0.356 e. The van der Waals surface area contributed by atoms with Gasteiger partial charge in [0.1, 0.15) is 5.69 Å². The maximum atomic E-state index is 13.1. The van der Waals surface area contributed by atoms with E-state index in [9.17, 15) is 19.2 Å². The zero-order valence-corrected chi connectivity index (χ0v) is 18.1. The second-order valence-corrected chi connectivity index (χ2v) is 7.51. The van der Waals surface area contributed by atoms with Crippen LogP contribution in [0.25, 0.3) is 21.9 Å². The molecule has 170 valence electrons. The van der Waals surface area contributed by atoms with Gasteiger partial charge in [0.15, 0.2) is 6.61 Å². The molecule has 0 aliphatic carbocycles. The van der Waals surface area contributed by atoms with Gasteiger partial charge in [0.2, 0.25) is 0 Å². The maximum absolute atomic E-state index is 13.1. The molecule has 1 aromatic heterocycles. The Morgan fingerprint density at radius 1 is 0.912 bits per heavy atom. The summed E-state index contributed by atoms with van der Waals surface area (Å²) in [5.41, 5.74) is 1.17. The predicted octanol–water partition coefficient (Wildman–Crippen LogP) is 3.70. The lowest BCUT2D eigenvalue weighted by Crippen LogP contribution is -2.28. The Kier molecular flexibility index (Phi) is 6.22. The van der Waals surface area contributed by atoms with Gasteiger partial charge in [-0.2, -0.15) is 0 Å². The number of carbonyl (C=O) groups is 3. The first-order valence-corrected chi connectivity index (χ1v) is 10.3. The molecule has 1 heterocycles. The van der Waals surface area contributed by atoms with E-state index in [1.807, 2.05) is 30.3 Å². The summed E-state index contributed by atoms with van der Waals surface area (Å²) in [6, 6.07) is 21.8. The minimum Gasteiger partial charge on any atom is -0.478 e. The van der Waals surface area contributed by atoms with E-state index in [2.05, 4.69) is 5.32 Å². The number of benzene rings is 3. The minimum atomic E-state index is -1.13. The van der Waals surface area contributed by atoms with Crippen molar-refractivity contribution in [3.63, 3.8) is 0 Å². The van der Waals surface area contributed by atoms with Gasteiger partial charge in [0.25, 0.3) is 11.5 Å². The number of anilines is 1. The Hall–Kier alpha value is -4.72. The van der Waals surface area contributed by atoms with Crippen molar-refractivity contribution in [3.05, 3.63) is 100 Å². The number of esters is 1. The van der Waals surface area contributed by atoms with E-state index in [1.54, 1.807) is 24.3 Å². The summed E-state index contributed by atoms with van der Waals surface area (Å²) in [5, 5.41) is 12.6. The molecule has 0 fully saturated rings. The molecule has 34 heavy (non-hydrogen) atoms. The van der Waals surface area contributed by atoms with Gasteiger partial charge in [0, 0.05) is 23.7 Å². The number of ether oxygens (including phenoxy) is 1. The fourth-order valence-electron chi connectivity index (χ4n) is 3.73. The first-order valence-electron chi connectivity index (χ1n) is 10.3. The summed E-state index contributed by atoms with van der Waals surface area (Å²) in [6.07, 6.45) is 0. The van der Waals surface area contributed by atoms with Crippen molar-refractivity contribution in [2.24, 2.45) is 7.05 Å².